The lowest BCUT2D eigenvalue weighted by atomic mass is 9.95. The Morgan fingerprint density at radius 3 is 2.57 bits per heavy atom. The summed E-state index contributed by atoms with van der Waals surface area (Å²) in [5.74, 6) is -0.0830. The Hall–Kier alpha value is -0.970. The number of nitrogens with zero attached hydrogens (tertiary/aromatic N) is 2. The Morgan fingerprint density at radius 1 is 1.33 bits per heavy atom. The molecule has 0 saturated heterocycles. The Balaban J connectivity index is 2.48. The van der Waals surface area contributed by atoms with Crippen LogP contribution in [-0.4, -0.2) is 19.9 Å². The van der Waals surface area contributed by atoms with Gasteiger partial charge in [-0.15, -0.1) is 0 Å². The summed E-state index contributed by atoms with van der Waals surface area (Å²) in [7, 11) is 0. The highest BCUT2D eigenvalue weighted by atomic mass is 32.2. The fourth-order valence-corrected chi connectivity index (χ4v) is 3.87. The van der Waals surface area contributed by atoms with E-state index in [9.17, 15) is 9.90 Å². The van der Waals surface area contributed by atoms with Crippen molar-refractivity contribution < 1.29 is 5.11 Å². The van der Waals surface area contributed by atoms with Gasteiger partial charge < -0.3 is 5.11 Å². The molecular weight excluding hydrogens is 284 g/mol. The fraction of sp³-hybridized carbons (Fsp3) is 0.750. The van der Waals surface area contributed by atoms with E-state index in [1.807, 2.05) is 11.5 Å². The number of aromatic nitrogens is 2. The van der Waals surface area contributed by atoms with Crippen LogP contribution in [0, 0.1) is 0 Å². The summed E-state index contributed by atoms with van der Waals surface area (Å²) in [6.07, 6.45) is 7.23. The summed E-state index contributed by atoms with van der Waals surface area (Å²) in [5, 5.41) is 11.1. The van der Waals surface area contributed by atoms with Crippen LogP contribution >= 0.6 is 11.8 Å². The smallest absolute Gasteiger partial charge is 0.261 e. The van der Waals surface area contributed by atoms with E-state index in [2.05, 4.69) is 18.8 Å². The van der Waals surface area contributed by atoms with Crippen LogP contribution in [0.5, 0.6) is 5.88 Å². The van der Waals surface area contributed by atoms with Crippen molar-refractivity contribution in [3.8, 4) is 5.88 Å². The third-order valence-electron chi connectivity index (χ3n) is 4.33. The summed E-state index contributed by atoms with van der Waals surface area (Å²) < 4.78 is 1.87. The van der Waals surface area contributed by atoms with Gasteiger partial charge in [-0.3, -0.25) is 9.36 Å². The first-order chi connectivity index (χ1) is 10.1. The minimum absolute atomic E-state index is 0.0392. The van der Waals surface area contributed by atoms with Crippen molar-refractivity contribution in [3.05, 3.63) is 15.9 Å². The topological polar surface area (TPSA) is 55.1 Å². The van der Waals surface area contributed by atoms with Crippen molar-refractivity contribution in [2.24, 2.45) is 0 Å². The highest BCUT2D eigenvalue weighted by Gasteiger charge is 2.24. The van der Waals surface area contributed by atoms with Crippen molar-refractivity contribution in [1.29, 1.82) is 0 Å². The van der Waals surface area contributed by atoms with Gasteiger partial charge in [0.1, 0.15) is 0 Å². The van der Waals surface area contributed by atoms with Crippen molar-refractivity contribution in [2.75, 3.05) is 0 Å². The summed E-state index contributed by atoms with van der Waals surface area (Å²) in [6, 6.07) is 0.246. The second-order valence-electron chi connectivity index (χ2n) is 5.85. The molecule has 0 aliphatic heterocycles. The molecule has 1 N–H and O–H groups in total. The van der Waals surface area contributed by atoms with E-state index < -0.39 is 0 Å². The predicted molar refractivity (Wildman–Crippen MR) is 87.3 cm³/mol. The zero-order valence-corrected chi connectivity index (χ0v) is 14.1. The minimum Gasteiger partial charge on any atom is -0.493 e. The standard InChI is InChI=1S/C16H26N2O2S/c1-4-11(3)21-16-17-14(19)13(5-2)15(20)18(16)12-9-7-6-8-10-12/h11-12,19H,4-10H2,1-3H3/t11-/m1/s1. The second-order valence-corrected chi connectivity index (χ2v) is 7.26. The molecule has 1 fully saturated rings. The van der Waals surface area contributed by atoms with Crippen LogP contribution in [0.2, 0.25) is 0 Å². The molecule has 1 aliphatic carbocycles. The molecule has 0 amide bonds. The Kier molecular flexibility index (Phi) is 5.73. The molecule has 1 aliphatic rings. The van der Waals surface area contributed by atoms with E-state index >= 15 is 0 Å². The molecule has 1 saturated carbocycles. The summed E-state index contributed by atoms with van der Waals surface area (Å²) in [6.45, 7) is 6.15. The van der Waals surface area contributed by atoms with Gasteiger partial charge in [0, 0.05) is 11.3 Å². The predicted octanol–water partition coefficient (Wildman–Crippen LogP) is 3.91. The molecule has 2 rings (SSSR count). The van der Waals surface area contributed by atoms with E-state index in [0.717, 1.165) is 19.3 Å². The normalized spacial score (nSPS) is 17.9. The van der Waals surface area contributed by atoms with E-state index in [0.29, 0.717) is 22.4 Å². The zero-order valence-electron chi connectivity index (χ0n) is 13.3. The molecule has 0 unspecified atom stereocenters. The third-order valence-corrected chi connectivity index (χ3v) is 5.56. The SMILES string of the molecule is CCc1c(O)nc(S[C@H](C)CC)n(C2CCCCC2)c1=O. The molecule has 21 heavy (non-hydrogen) atoms. The van der Waals surface area contributed by atoms with Crippen LogP contribution in [0.4, 0.5) is 0 Å². The largest absolute Gasteiger partial charge is 0.493 e. The molecule has 1 atom stereocenters. The number of rotatable bonds is 5. The first-order valence-electron chi connectivity index (χ1n) is 8.09. The highest BCUT2D eigenvalue weighted by molar-refractivity contribution is 7.99. The molecule has 118 valence electrons. The molecule has 0 radical (unpaired) electrons. The lowest BCUT2D eigenvalue weighted by Crippen LogP contribution is -2.31. The summed E-state index contributed by atoms with van der Waals surface area (Å²) in [4.78, 5) is 17.1. The Bertz CT molecular complexity index is 536. The lowest BCUT2D eigenvalue weighted by molar-refractivity contribution is 0.315. The summed E-state index contributed by atoms with van der Waals surface area (Å²) in [5.41, 5.74) is 0.414. The van der Waals surface area contributed by atoms with Crippen molar-refractivity contribution in [2.45, 2.75) is 82.2 Å². The monoisotopic (exact) mass is 310 g/mol. The fourth-order valence-electron chi connectivity index (χ4n) is 2.86. The number of aromatic hydroxyl groups is 1. The van der Waals surface area contributed by atoms with Crippen molar-refractivity contribution >= 4 is 11.8 Å². The van der Waals surface area contributed by atoms with Crippen LogP contribution in [-0.2, 0) is 6.42 Å². The lowest BCUT2D eigenvalue weighted by Gasteiger charge is -2.27. The van der Waals surface area contributed by atoms with Crippen LogP contribution in [0.3, 0.4) is 0 Å². The number of hydrogen-bond donors (Lipinski definition) is 1. The van der Waals surface area contributed by atoms with Gasteiger partial charge in [0.05, 0.1) is 5.56 Å². The van der Waals surface area contributed by atoms with Crippen LogP contribution in [0.25, 0.3) is 0 Å². The van der Waals surface area contributed by atoms with Crippen molar-refractivity contribution in [3.63, 3.8) is 0 Å². The maximum atomic E-state index is 12.8. The van der Waals surface area contributed by atoms with Crippen LogP contribution in [0.15, 0.2) is 9.95 Å². The number of hydrogen-bond acceptors (Lipinski definition) is 4. The van der Waals surface area contributed by atoms with Gasteiger partial charge in [-0.25, -0.2) is 0 Å². The molecule has 1 heterocycles. The highest BCUT2D eigenvalue weighted by Crippen LogP contribution is 2.33. The quantitative estimate of drug-likeness (QED) is 0.662. The van der Waals surface area contributed by atoms with Gasteiger partial charge in [0.15, 0.2) is 5.16 Å². The molecule has 4 nitrogen and oxygen atoms in total. The molecule has 0 bridgehead atoms. The van der Waals surface area contributed by atoms with Crippen LogP contribution < -0.4 is 5.56 Å². The average Bonchev–Trinajstić information content (AvgIpc) is 2.48. The van der Waals surface area contributed by atoms with Gasteiger partial charge in [0.2, 0.25) is 5.88 Å². The van der Waals surface area contributed by atoms with Gasteiger partial charge >= 0.3 is 0 Å². The summed E-state index contributed by atoms with van der Waals surface area (Å²) >= 11 is 1.60. The Morgan fingerprint density at radius 2 is 2.00 bits per heavy atom. The van der Waals surface area contributed by atoms with Gasteiger partial charge in [-0.05, 0) is 25.7 Å². The molecule has 1 aromatic heterocycles. The van der Waals surface area contributed by atoms with Gasteiger partial charge in [0.25, 0.3) is 5.56 Å². The maximum absolute atomic E-state index is 12.8. The van der Waals surface area contributed by atoms with E-state index in [1.54, 1.807) is 11.8 Å². The molecule has 0 spiro atoms. The second kappa shape index (κ2) is 7.34. The third kappa shape index (κ3) is 3.62. The average molecular weight is 310 g/mol. The molecule has 1 aromatic rings. The van der Waals surface area contributed by atoms with Crippen molar-refractivity contribution in [1.82, 2.24) is 9.55 Å². The first-order valence-corrected chi connectivity index (χ1v) is 8.97. The number of thioether (sulfide) groups is 1. The minimum atomic E-state index is -0.0830. The first kappa shape index (κ1) is 16.4. The molecule has 0 aromatic carbocycles. The van der Waals surface area contributed by atoms with E-state index in [1.165, 1.54) is 19.3 Å². The Labute approximate surface area is 131 Å². The van der Waals surface area contributed by atoms with Crippen LogP contribution in [0.1, 0.15) is 70.9 Å². The molecular formula is C16H26N2O2S. The van der Waals surface area contributed by atoms with Gasteiger partial charge in [-0.1, -0.05) is 51.8 Å². The van der Waals surface area contributed by atoms with E-state index in [4.69, 9.17) is 0 Å². The van der Waals surface area contributed by atoms with E-state index in [-0.39, 0.29) is 17.5 Å². The van der Waals surface area contributed by atoms with Gasteiger partial charge in [-0.2, -0.15) is 4.98 Å². The maximum Gasteiger partial charge on any atom is 0.261 e. The zero-order chi connectivity index (χ0) is 15.4. The molecule has 5 heteroatoms.